The van der Waals surface area contributed by atoms with Gasteiger partial charge in [-0.05, 0) is 68.9 Å². The Morgan fingerprint density at radius 3 is 2.58 bits per heavy atom. The first kappa shape index (κ1) is 20.8. The lowest BCUT2D eigenvalue weighted by Gasteiger charge is -2.28. The number of halogens is 1. The van der Waals surface area contributed by atoms with E-state index in [0.29, 0.717) is 24.3 Å². The summed E-state index contributed by atoms with van der Waals surface area (Å²) in [6.45, 7) is 0. The Bertz CT molecular complexity index is 1250. The van der Waals surface area contributed by atoms with Gasteiger partial charge >= 0.3 is 0 Å². The number of benzene rings is 1. The Morgan fingerprint density at radius 2 is 1.84 bits per heavy atom. The third-order valence-electron chi connectivity index (χ3n) is 6.03. The molecule has 2 fully saturated rings. The number of sulfone groups is 1. The summed E-state index contributed by atoms with van der Waals surface area (Å²) < 4.78 is 25.9. The molecule has 1 aromatic carbocycles. The molecule has 162 valence electrons. The number of fused-ring (bicyclic) bond motifs is 1. The van der Waals surface area contributed by atoms with Gasteiger partial charge in [-0.3, -0.25) is 4.79 Å². The zero-order valence-electron chi connectivity index (χ0n) is 16.8. The number of rotatable bonds is 5. The second-order valence-electron chi connectivity index (χ2n) is 8.31. The molecule has 9 heteroatoms. The van der Waals surface area contributed by atoms with Crippen LogP contribution in [0.25, 0.3) is 10.2 Å². The highest BCUT2D eigenvalue weighted by molar-refractivity contribution is 7.92. The summed E-state index contributed by atoms with van der Waals surface area (Å²) >= 11 is 7.78. The lowest BCUT2D eigenvalue weighted by molar-refractivity contribution is 0.0925. The van der Waals surface area contributed by atoms with Gasteiger partial charge in [0.15, 0.2) is 14.9 Å². The van der Waals surface area contributed by atoms with Crippen LogP contribution in [0.2, 0.25) is 5.02 Å². The molecule has 31 heavy (non-hydrogen) atoms. The summed E-state index contributed by atoms with van der Waals surface area (Å²) in [7, 11) is -3.41. The molecule has 2 saturated carbocycles. The van der Waals surface area contributed by atoms with Gasteiger partial charge in [-0.15, -0.1) is 11.3 Å². The molecule has 6 nitrogen and oxygen atoms in total. The molecule has 1 N–H and O–H groups in total. The summed E-state index contributed by atoms with van der Waals surface area (Å²) in [5.74, 6) is 0.147. The van der Waals surface area contributed by atoms with Crippen LogP contribution < -0.4 is 5.32 Å². The average molecular weight is 476 g/mol. The fourth-order valence-electron chi connectivity index (χ4n) is 4.10. The van der Waals surface area contributed by atoms with Crippen molar-refractivity contribution in [3.63, 3.8) is 0 Å². The first-order valence-corrected chi connectivity index (χ1v) is 13.2. The molecule has 0 bridgehead atoms. The third-order valence-corrected chi connectivity index (χ3v) is 9.60. The smallest absolute Gasteiger partial charge is 0.251 e. The zero-order chi connectivity index (χ0) is 21.6. The van der Waals surface area contributed by atoms with E-state index in [9.17, 15) is 13.2 Å². The summed E-state index contributed by atoms with van der Waals surface area (Å²) in [5.41, 5.74) is 1.33. The maximum atomic E-state index is 12.7. The fraction of sp³-hybridized carbons (Fsp3) is 0.409. The number of amides is 1. The zero-order valence-corrected chi connectivity index (χ0v) is 19.1. The standard InChI is InChI=1S/C22H22ClN3O3S2/c23-15-3-8-18-19(12-15)30-22(26-18)13-1-4-16(5-2-13)25-21(27)14-9-10-24-20(11-14)31(28,29)17-6-7-17/h3,8-13,16-17H,1-2,4-7H2,(H,25,27). The van der Waals surface area contributed by atoms with E-state index in [2.05, 4.69) is 10.3 Å². The molecule has 2 aromatic heterocycles. The number of hydrogen-bond donors (Lipinski definition) is 1. The number of nitrogens with zero attached hydrogens (tertiary/aromatic N) is 2. The average Bonchev–Trinajstić information content (AvgIpc) is 3.55. The van der Waals surface area contributed by atoms with Crippen molar-refractivity contribution in [1.82, 2.24) is 15.3 Å². The van der Waals surface area contributed by atoms with Gasteiger partial charge in [0.1, 0.15) is 0 Å². The van der Waals surface area contributed by atoms with E-state index >= 15 is 0 Å². The van der Waals surface area contributed by atoms with Crippen LogP contribution in [0.5, 0.6) is 0 Å². The summed E-state index contributed by atoms with van der Waals surface area (Å²) in [6, 6.07) is 8.82. The Hall–Kier alpha value is -2.03. The van der Waals surface area contributed by atoms with Crippen LogP contribution in [0.1, 0.15) is 59.8 Å². The molecule has 2 heterocycles. The number of hydrogen-bond acceptors (Lipinski definition) is 6. The highest BCUT2D eigenvalue weighted by Gasteiger charge is 2.38. The summed E-state index contributed by atoms with van der Waals surface area (Å²) in [6.07, 6.45) is 6.39. The van der Waals surface area contributed by atoms with E-state index in [1.165, 1.54) is 12.3 Å². The van der Waals surface area contributed by atoms with E-state index in [1.807, 2.05) is 18.2 Å². The Balaban J connectivity index is 1.22. The van der Waals surface area contributed by atoms with Crippen LogP contribution in [0.3, 0.4) is 0 Å². The normalized spacial score (nSPS) is 21.8. The second kappa shape index (κ2) is 8.15. The first-order chi connectivity index (χ1) is 14.9. The number of nitrogens with one attached hydrogen (secondary N) is 1. The molecule has 0 aliphatic heterocycles. The molecule has 5 rings (SSSR count). The maximum absolute atomic E-state index is 12.7. The predicted octanol–water partition coefficient (Wildman–Crippen LogP) is 4.74. The third kappa shape index (κ3) is 4.33. The van der Waals surface area contributed by atoms with Gasteiger partial charge < -0.3 is 5.32 Å². The molecule has 0 saturated heterocycles. The van der Waals surface area contributed by atoms with E-state index in [4.69, 9.17) is 16.6 Å². The van der Waals surface area contributed by atoms with Crippen LogP contribution in [-0.4, -0.2) is 35.6 Å². The highest BCUT2D eigenvalue weighted by atomic mass is 35.5. The molecule has 1 amide bonds. The fourth-order valence-corrected chi connectivity index (χ4v) is 7.11. The molecule has 0 unspecified atom stereocenters. The lowest BCUT2D eigenvalue weighted by atomic mass is 9.86. The van der Waals surface area contributed by atoms with Crippen molar-refractivity contribution in [1.29, 1.82) is 0 Å². The van der Waals surface area contributed by atoms with Crippen LogP contribution in [-0.2, 0) is 9.84 Å². The van der Waals surface area contributed by atoms with E-state index < -0.39 is 9.84 Å². The largest absolute Gasteiger partial charge is 0.349 e. The van der Waals surface area contributed by atoms with Gasteiger partial charge in [0.05, 0.1) is 20.5 Å². The molecular weight excluding hydrogens is 454 g/mol. The van der Waals surface area contributed by atoms with Crippen LogP contribution >= 0.6 is 22.9 Å². The Labute approximate surface area is 190 Å². The van der Waals surface area contributed by atoms with Crippen LogP contribution in [0.15, 0.2) is 41.6 Å². The Morgan fingerprint density at radius 1 is 1.06 bits per heavy atom. The van der Waals surface area contributed by atoms with Crippen LogP contribution in [0, 0.1) is 0 Å². The Kier molecular flexibility index (Phi) is 5.48. The van der Waals surface area contributed by atoms with Gasteiger partial charge in [-0.2, -0.15) is 0 Å². The van der Waals surface area contributed by atoms with Crippen molar-refractivity contribution >= 4 is 48.9 Å². The SMILES string of the molecule is O=C(NC1CCC(c2nc3ccc(Cl)cc3s2)CC1)c1ccnc(S(=O)(=O)C2CC2)c1. The van der Waals surface area contributed by atoms with Crippen LogP contribution in [0.4, 0.5) is 0 Å². The van der Waals surface area contributed by atoms with Crippen molar-refractivity contribution in [2.75, 3.05) is 0 Å². The first-order valence-electron chi connectivity index (χ1n) is 10.5. The maximum Gasteiger partial charge on any atom is 0.251 e. The van der Waals surface area contributed by atoms with Crippen molar-refractivity contribution in [3.8, 4) is 0 Å². The minimum Gasteiger partial charge on any atom is -0.349 e. The van der Waals surface area contributed by atoms with Gasteiger partial charge in [0, 0.05) is 28.7 Å². The van der Waals surface area contributed by atoms with Crippen molar-refractivity contribution < 1.29 is 13.2 Å². The number of aromatic nitrogens is 2. The molecule has 0 atom stereocenters. The second-order valence-corrected chi connectivity index (χ2v) is 12.0. The summed E-state index contributed by atoms with van der Waals surface area (Å²) in [4.78, 5) is 21.5. The van der Waals surface area contributed by atoms with Gasteiger partial charge in [-0.1, -0.05) is 11.6 Å². The van der Waals surface area contributed by atoms with Crippen molar-refractivity contribution in [2.24, 2.45) is 0 Å². The molecule has 2 aliphatic carbocycles. The van der Waals surface area contributed by atoms with E-state index in [0.717, 1.165) is 45.9 Å². The van der Waals surface area contributed by atoms with E-state index in [1.54, 1.807) is 17.4 Å². The minimum atomic E-state index is -3.41. The molecular formula is C22H22ClN3O3S2. The molecule has 0 spiro atoms. The van der Waals surface area contributed by atoms with Gasteiger partial charge in [-0.25, -0.2) is 18.4 Å². The number of carbonyl (C=O) groups is 1. The monoisotopic (exact) mass is 475 g/mol. The number of thiazole rings is 1. The number of pyridine rings is 1. The van der Waals surface area contributed by atoms with Crippen molar-refractivity contribution in [2.45, 2.75) is 60.8 Å². The number of carbonyl (C=O) groups excluding carboxylic acids is 1. The van der Waals surface area contributed by atoms with E-state index in [-0.39, 0.29) is 22.2 Å². The van der Waals surface area contributed by atoms with Gasteiger partial charge in [0.25, 0.3) is 5.91 Å². The van der Waals surface area contributed by atoms with Gasteiger partial charge in [0.2, 0.25) is 0 Å². The quantitative estimate of drug-likeness (QED) is 0.575. The molecule has 0 radical (unpaired) electrons. The minimum absolute atomic E-state index is 0.00213. The highest BCUT2D eigenvalue weighted by Crippen LogP contribution is 2.38. The van der Waals surface area contributed by atoms with Crippen molar-refractivity contribution in [3.05, 3.63) is 52.1 Å². The molecule has 2 aliphatic rings. The summed E-state index contributed by atoms with van der Waals surface area (Å²) in [5, 5.41) is 4.58. The molecule has 3 aromatic rings. The lowest BCUT2D eigenvalue weighted by Crippen LogP contribution is -2.37. The predicted molar refractivity (Wildman–Crippen MR) is 122 cm³/mol. The topological polar surface area (TPSA) is 89.0 Å².